The molecule has 0 aliphatic carbocycles. The van der Waals surface area contributed by atoms with Crippen molar-refractivity contribution < 1.29 is 9.90 Å². The predicted molar refractivity (Wildman–Crippen MR) is 98.4 cm³/mol. The molecule has 0 aliphatic rings. The van der Waals surface area contributed by atoms with Crippen LogP contribution in [0, 0.1) is 6.92 Å². The van der Waals surface area contributed by atoms with Gasteiger partial charge in [0.1, 0.15) is 0 Å². The predicted octanol–water partition coefficient (Wildman–Crippen LogP) is 3.15. The van der Waals surface area contributed by atoms with E-state index >= 15 is 0 Å². The molecular weight excluding hydrogens is 300 g/mol. The topological polar surface area (TPSA) is 61.4 Å². The minimum atomic E-state index is -0.239. The summed E-state index contributed by atoms with van der Waals surface area (Å²) >= 11 is 0. The summed E-state index contributed by atoms with van der Waals surface area (Å²) in [5.74, 6) is -0.164. The first-order chi connectivity index (χ1) is 11.6. The van der Waals surface area contributed by atoms with Gasteiger partial charge in [0.2, 0.25) is 0 Å². The molecule has 0 aromatic heterocycles. The second-order valence-corrected chi connectivity index (χ2v) is 6.09. The lowest BCUT2D eigenvalue weighted by molar-refractivity contribution is 0.0922. The highest BCUT2D eigenvalue weighted by molar-refractivity contribution is 5.94. The van der Waals surface area contributed by atoms with Crippen LogP contribution in [0.15, 0.2) is 48.5 Å². The maximum atomic E-state index is 11.9. The average molecular weight is 326 g/mol. The molecule has 2 rings (SSSR count). The molecule has 0 saturated heterocycles. The van der Waals surface area contributed by atoms with Gasteiger partial charge in [0.15, 0.2) is 0 Å². The van der Waals surface area contributed by atoms with Crippen molar-refractivity contribution in [3.63, 3.8) is 0 Å². The lowest BCUT2D eigenvalue weighted by atomic mass is 10.0. The van der Waals surface area contributed by atoms with Crippen molar-refractivity contribution >= 4 is 11.6 Å². The second-order valence-electron chi connectivity index (χ2n) is 6.09. The van der Waals surface area contributed by atoms with E-state index in [1.54, 1.807) is 19.1 Å². The fourth-order valence-electron chi connectivity index (χ4n) is 2.49. The van der Waals surface area contributed by atoms with Crippen LogP contribution < -0.4 is 10.6 Å². The van der Waals surface area contributed by atoms with E-state index < -0.39 is 0 Å². The molecular formula is C20H26N2O2. The molecule has 2 aromatic rings. The molecule has 1 amide bonds. The van der Waals surface area contributed by atoms with Crippen molar-refractivity contribution in [3.8, 4) is 0 Å². The van der Waals surface area contributed by atoms with Crippen molar-refractivity contribution in [3.05, 3.63) is 65.2 Å². The number of aliphatic hydroxyl groups is 1. The molecule has 0 bridgehead atoms. The van der Waals surface area contributed by atoms with Crippen molar-refractivity contribution in [2.45, 2.75) is 32.7 Å². The average Bonchev–Trinajstić information content (AvgIpc) is 2.60. The van der Waals surface area contributed by atoms with E-state index in [-0.39, 0.29) is 18.6 Å². The highest BCUT2D eigenvalue weighted by atomic mass is 16.3. The van der Waals surface area contributed by atoms with Crippen molar-refractivity contribution in [2.24, 2.45) is 0 Å². The van der Waals surface area contributed by atoms with Gasteiger partial charge in [-0.25, -0.2) is 0 Å². The van der Waals surface area contributed by atoms with E-state index in [0.29, 0.717) is 5.56 Å². The Balaban J connectivity index is 1.78. The zero-order valence-corrected chi connectivity index (χ0v) is 14.4. The first kappa shape index (κ1) is 18.0. The molecule has 4 heteroatoms. The van der Waals surface area contributed by atoms with E-state index in [4.69, 9.17) is 5.11 Å². The summed E-state index contributed by atoms with van der Waals surface area (Å²) in [5.41, 5.74) is 4.33. The summed E-state index contributed by atoms with van der Waals surface area (Å²) in [6, 6.07) is 15.6. The number of anilines is 1. The Morgan fingerprint density at radius 1 is 1.12 bits per heavy atom. The van der Waals surface area contributed by atoms with Gasteiger partial charge >= 0.3 is 0 Å². The Morgan fingerprint density at radius 2 is 1.83 bits per heavy atom. The number of aryl methyl sites for hydroxylation is 2. The third kappa shape index (κ3) is 5.39. The Labute approximate surface area is 143 Å². The Morgan fingerprint density at radius 3 is 2.50 bits per heavy atom. The fourth-order valence-corrected chi connectivity index (χ4v) is 2.49. The number of carbonyl (C=O) groups is 1. The van der Waals surface area contributed by atoms with E-state index in [1.807, 2.05) is 12.1 Å². The zero-order valence-electron chi connectivity index (χ0n) is 14.4. The molecule has 0 aliphatic heterocycles. The van der Waals surface area contributed by atoms with Gasteiger partial charge in [-0.2, -0.15) is 0 Å². The molecule has 0 spiro atoms. The quantitative estimate of drug-likeness (QED) is 0.653. The van der Waals surface area contributed by atoms with Gasteiger partial charge in [-0.1, -0.05) is 24.3 Å². The van der Waals surface area contributed by atoms with Crippen LogP contribution in [0.25, 0.3) is 0 Å². The zero-order chi connectivity index (χ0) is 17.4. The third-order valence-electron chi connectivity index (χ3n) is 4.01. The molecule has 1 atom stereocenters. The third-order valence-corrected chi connectivity index (χ3v) is 4.01. The monoisotopic (exact) mass is 326 g/mol. The smallest absolute Gasteiger partial charge is 0.251 e. The first-order valence-corrected chi connectivity index (χ1v) is 8.40. The normalized spacial score (nSPS) is 11.8. The molecule has 3 N–H and O–H groups in total. The van der Waals surface area contributed by atoms with Gasteiger partial charge in [0.05, 0.1) is 6.61 Å². The summed E-state index contributed by atoms with van der Waals surface area (Å²) in [4.78, 5) is 11.9. The lowest BCUT2D eigenvalue weighted by Crippen LogP contribution is -2.34. The molecule has 24 heavy (non-hydrogen) atoms. The number of rotatable bonds is 8. The number of amides is 1. The Hall–Kier alpha value is -2.33. The fraction of sp³-hybridized carbons (Fsp3) is 0.350. The summed E-state index contributed by atoms with van der Waals surface area (Å²) in [6.45, 7) is 4.74. The first-order valence-electron chi connectivity index (χ1n) is 8.40. The van der Waals surface area contributed by atoms with Crippen LogP contribution in [0.3, 0.4) is 0 Å². The summed E-state index contributed by atoms with van der Waals surface area (Å²) < 4.78 is 0. The maximum Gasteiger partial charge on any atom is 0.251 e. The number of benzene rings is 2. The molecule has 0 saturated carbocycles. The van der Waals surface area contributed by atoms with Crippen LogP contribution in [0.4, 0.5) is 5.69 Å². The summed E-state index contributed by atoms with van der Waals surface area (Å²) in [5, 5.41) is 15.1. The standard InChI is InChI=1S/C20H26N2O2/c1-15-6-3-4-7-17(15)8-5-13-21-19-11-9-18(10-12-19)20(24)22-16(2)14-23/h3-4,6-7,9-12,16,21,23H,5,8,13-14H2,1-2H3,(H,22,24). The van der Waals surface area contributed by atoms with E-state index in [2.05, 4.69) is 41.8 Å². The van der Waals surface area contributed by atoms with E-state index in [1.165, 1.54) is 11.1 Å². The number of hydrogen-bond donors (Lipinski definition) is 3. The van der Waals surface area contributed by atoms with Gasteiger partial charge in [0, 0.05) is 23.8 Å². The van der Waals surface area contributed by atoms with Crippen LogP contribution in [0.1, 0.15) is 34.8 Å². The molecule has 0 heterocycles. The maximum absolute atomic E-state index is 11.9. The lowest BCUT2D eigenvalue weighted by Gasteiger charge is -2.11. The second kappa shape index (κ2) is 9.08. The highest BCUT2D eigenvalue weighted by Crippen LogP contribution is 2.12. The largest absolute Gasteiger partial charge is 0.394 e. The molecule has 128 valence electrons. The SMILES string of the molecule is Cc1ccccc1CCCNc1ccc(C(=O)NC(C)CO)cc1. The van der Waals surface area contributed by atoms with Gasteiger partial charge in [0.25, 0.3) is 5.91 Å². The van der Waals surface area contributed by atoms with Crippen LogP contribution in [-0.4, -0.2) is 30.2 Å². The highest BCUT2D eigenvalue weighted by Gasteiger charge is 2.08. The van der Waals surface area contributed by atoms with Crippen LogP contribution in [-0.2, 0) is 6.42 Å². The number of aliphatic hydroxyl groups excluding tert-OH is 1. The Kier molecular flexibility index (Phi) is 6.82. The van der Waals surface area contributed by atoms with Crippen molar-refractivity contribution in [1.29, 1.82) is 0 Å². The number of carbonyl (C=O) groups excluding carboxylic acids is 1. The Bertz CT molecular complexity index is 653. The molecule has 2 aromatic carbocycles. The van der Waals surface area contributed by atoms with Crippen LogP contribution in [0.2, 0.25) is 0 Å². The van der Waals surface area contributed by atoms with Crippen molar-refractivity contribution in [2.75, 3.05) is 18.5 Å². The number of hydrogen-bond acceptors (Lipinski definition) is 3. The van der Waals surface area contributed by atoms with Crippen molar-refractivity contribution in [1.82, 2.24) is 5.32 Å². The van der Waals surface area contributed by atoms with E-state index in [0.717, 1.165) is 25.1 Å². The summed E-state index contributed by atoms with van der Waals surface area (Å²) in [6.07, 6.45) is 2.11. The van der Waals surface area contributed by atoms with Gasteiger partial charge < -0.3 is 15.7 Å². The molecule has 1 unspecified atom stereocenters. The minimum Gasteiger partial charge on any atom is -0.394 e. The summed E-state index contributed by atoms with van der Waals surface area (Å²) in [7, 11) is 0. The van der Waals surface area contributed by atoms with Gasteiger partial charge in [-0.15, -0.1) is 0 Å². The molecule has 0 radical (unpaired) electrons. The van der Waals surface area contributed by atoms with E-state index in [9.17, 15) is 4.79 Å². The van der Waals surface area contributed by atoms with Gasteiger partial charge in [-0.05, 0) is 62.1 Å². The molecule has 0 fully saturated rings. The van der Waals surface area contributed by atoms with Crippen LogP contribution >= 0.6 is 0 Å². The van der Waals surface area contributed by atoms with Gasteiger partial charge in [-0.3, -0.25) is 4.79 Å². The molecule has 4 nitrogen and oxygen atoms in total. The van der Waals surface area contributed by atoms with Crippen LogP contribution in [0.5, 0.6) is 0 Å². The minimum absolute atomic E-state index is 0.0632. The number of nitrogens with one attached hydrogen (secondary N) is 2.